The summed E-state index contributed by atoms with van der Waals surface area (Å²) in [6.45, 7) is 3.42. The van der Waals surface area contributed by atoms with Crippen LogP contribution in [0.5, 0.6) is 5.75 Å². The predicted molar refractivity (Wildman–Crippen MR) is 94.5 cm³/mol. The highest BCUT2D eigenvalue weighted by atomic mass is 16.5. The third kappa shape index (κ3) is 4.64. The molecule has 1 amide bonds. The lowest BCUT2D eigenvalue weighted by molar-refractivity contribution is -0.00642. The zero-order chi connectivity index (χ0) is 19.1. The maximum absolute atomic E-state index is 11.8. The van der Waals surface area contributed by atoms with Gasteiger partial charge >= 0.3 is 12.1 Å². The van der Waals surface area contributed by atoms with Crippen molar-refractivity contribution in [2.24, 2.45) is 5.73 Å². The van der Waals surface area contributed by atoms with Crippen molar-refractivity contribution in [1.82, 2.24) is 4.90 Å². The molecule has 26 heavy (non-hydrogen) atoms. The molecule has 0 aliphatic carbocycles. The number of hydrogen-bond donors (Lipinski definition) is 2. The average Bonchev–Trinajstić information content (AvgIpc) is 2.65. The molecule has 0 spiro atoms. The minimum Gasteiger partial charge on any atom is -0.492 e. The van der Waals surface area contributed by atoms with E-state index in [0.29, 0.717) is 49.4 Å². The number of esters is 1. The number of nitrogens with zero attached hydrogens (tertiary/aromatic N) is 1. The number of amides is 1. The summed E-state index contributed by atoms with van der Waals surface area (Å²) in [5.74, 6) is -0.0492. The largest absolute Gasteiger partial charge is 0.492 e. The van der Waals surface area contributed by atoms with Crippen molar-refractivity contribution in [2.75, 3.05) is 33.4 Å². The summed E-state index contributed by atoms with van der Waals surface area (Å²) in [5, 5.41) is 9.58. The van der Waals surface area contributed by atoms with Gasteiger partial charge in [-0.25, -0.2) is 9.59 Å². The number of methoxy groups -OCH3 is 1. The van der Waals surface area contributed by atoms with Crippen molar-refractivity contribution in [1.29, 1.82) is 0 Å². The summed E-state index contributed by atoms with van der Waals surface area (Å²) in [5.41, 5.74) is 6.55. The van der Waals surface area contributed by atoms with Crippen LogP contribution in [0, 0.1) is 0 Å². The van der Waals surface area contributed by atoms with Gasteiger partial charge in [-0.05, 0) is 31.9 Å². The first-order valence-electron chi connectivity index (χ1n) is 8.68. The van der Waals surface area contributed by atoms with Gasteiger partial charge in [0, 0.05) is 25.3 Å². The Labute approximate surface area is 152 Å². The highest BCUT2D eigenvalue weighted by Crippen LogP contribution is 2.38. The van der Waals surface area contributed by atoms with Crippen molar-refractivity contribution in [3.63, 3.8) is 0 Å². The van der Waals surface area contributed by atoms with Crippen molar-refractivity contribution < 1.29 is 28.9 Å². The predicted octanol–water partition coefficient (Wildman–Crippen LogP) is 2.03. The number of ether oxygens (including phenoxy) is 3. The van der Waals surface area contributed by atoms with Crippen LogP contribution in [0.25, 0.3) is 0 Å². The number of benzene rings is 1. The van der Waals surface area contributed by atoms with E-state index in [9.17, 15) is 14.7 Å². The highest BCUT2D eigenvalue weighted by Gasteiger charge is 2.35. The van der Waals surface area contributed by atoms with Crippen LogP contribution in [0.1, 0.15) is 41.7 Å². The molecule has 1 aromatic carbocycles. The topological polar surface area (TPSA) is 111 Å². The van der Waals surface area contributed by atoms with Crippen LogP contribution < -0.4 is 10.5 Å². The number of rotatable bonds is 7. The Kier molecular flexibility index (Phi) is 7.23. The molecule has 3 N–H and O–H groups in total. The molecule has 1 aromatic rings. The molecular weight excluding hydrogens is 340 g/mol. The van der Waals surface area contributed by atoms with Crippen LogP contribution in [0.4, 0.5) is 4.79 Å². The second kappa shape index (κ2) is 9.40. The molecule has 1 aliphatic rings. The molecule has 2 rings (SSSR count). The minimum absolute atomic E-state index is 0.0248. The zero-order valence-corrected chi connectivity index (χ0v) is 15.1. The summed E-state index contributed by atoms with van der Waals surface area (Å²) in [7, 11) is 1.30. The van der Waals surface area contributed by atoms with E-state index in [2.05, 4.69) is 0 Å². The smallest absolute Gasteiger partial charge is 0.407 e. The molecule has 0 bridgehead atoms. The van der Waals surface area contributed by atoms with E-state index in [-0.39, 0.29) is 12.7 Å². The van der Waals surface area contributed by atoms with E-state index < -0.39 is 18.1 Å². The van der Waals surface area contributed by atoms with Gasteiger partial charge in [-0.1, -0.05) is 6.07 Å². The normalized spacial score (nSPS) is 19.9. The molecule has 0 aromatic heterocycles. The second-order valence-corrected chi connectivity index (χ2v) is 5.97. The summed E-state index contributed by atoms with van der Waals surface area (Å²) >= 11 is 0. The first-order chi connectivity index (χ1) is 12.5. The average molecular weight is 366 g/mol. The Balaban J connectivity index is 2.39. The lowest BCUT2D eigenvalue weighted by Gasteiger charge is -2.38. The molecule has 0 radical (unpaired) electrons. The van der Waals surface area contributed by atoms with Crippen molar-refractivity contribution in [3.8, 4) is 5.75 Å². The molecule has 2 atom stereocenters. The van der Waals surface area contributed by atoms with Crippen LogP contribution >= 0.6 is 0 Å². The molecule has 1 saturated heterocycles. The van der Waals surface area contributed by atoms with Crippen LogP contribution in [-0.4, -0.2) is 61.6 Å². The van der Waals surface area contributed by atoms with Gasteiger partial charge in [0.05, 0.1) is 24.8 Å². The number of piperidine rings is 1. The molecule has 8 heteroatoms. The maximum Gasteiger partial charge on any atom is 0.407 e. The van der Waals surface area contributed by atoms with Crippen LogP contribution in [-0.2, 0) is 9.47 Å². The number of nitrogens with two attached hydrogens (primary N) is 1. The van der Waals surface area contributed by atoms with Crippen molar-refractivity contribution in [3.05, 3.63) is 29.3 Å². The van der Waals surface area contributed by atoms with E-state index >= 15 is 0 Å². The van der Waals surface area contributed by atoms with E-state index in [0.717, 1.165) is 0 Å². The molecule has 0 saturated carbocycles. The number of carbonyl (C=O) groups is 2. The van der Waals surface area contributed by atoms with Gasteiger partial charge in [0.15, 0.2) is 0 Å². The Morgan fingerprint density at radius 2 is 2.15 bits per heavy atom. The van der Waals surface area contributed by atoms with Crippen LogP contribution in [0.15, 0.2) is 18.2 Å². The fourth-order valence-electron chi connectivity index (χ4n) is 3.19. The highest BCUT2D eigenvalue weighted by molar-refractivity contribution is 5.90. The maximum atomic E-state index is 11.8. The fraction of sp³-hybridized carbons (Fsp3) is 0.556. The van der Waals surface area contributed by atoms with Gasteiger partial charge in [0.2, 0.25) is 0 Å². The van der Waals surface area contributed by atoms with Gasteiger partial charge in [-0.15, -0.1) is 0 Å². The monoisotopic (exact) mass is 366 g/mol. The van der Waals surface area contributed by atoms with E-state index in [1.54, 1.807) is 18.2 Å². The molecule has 1 fully saturated rings. The number of carboxylic acid groups (broad SMARTS) is 1. The minimum atomic E-state index is -0.994. The molecule has 2 unspecified atom stereocenters. The number of hydrogen-bond acceptors (Lipinski definition) is 6. The van der Waals surface area contributed by atoms with Gasteiger partial charge in [-0.3, -0.25) is 0 Å². The number of likely N-dealkylation sites (tertiary alicyclic amines) is 1. The SMILES string of the molecule is CCOC1CCN(C(=O)O)C(c2ccc(C(=O)OC)cc2OCCN)C1. The second-order valence-electron chi connectivity index (χ2n) is 5.97. The first kappa shape index (κ1) is 20.0. The quantitative estimate of drug-likeness (QED) is 0.710. The van der Waals surface area contributed by atoms with E-state index in [4.69, 9.17) is 19.9 Å². The van der Waals surface area contributed by atoms with E-state index in [1.807, 2.05) is 6.92 Å². The molecule has 144 valence electrons. The molecular formula is C18H26N2O6. The Morgan fingerprint density at radius 3 is 2.77 bits per heavy atom. The fourth-order valence-corrected chi connectivity index (χ4v) is 3.19. The van der Waals surface area contributed by atoms with Crippen molar-refractivity contribution in [2.45, 2.75) is 31.9 Å². The van der Waals surface area contributed by atoms with Crippen LogP contribution in [0.3, 0.4) is 0 Å². The Hall–Kier alpha value is -2.32. The third-order valence-corrected chi connectivity index (χ3v) is 4.37. The molecule has 1 heterocycles. The van der Waals surface area contributed by atoms with Crippen molar-refractivity contribution >= 4 is 12.1 Å². The van der Waals surface area contributed by atoms with Gasteiger partial charge in [0.1, 0.15) is 12.4 Å². The summed E-state index contributed by atoms with van der Waals surface area (Å²) in [6, 6.07) is 4.48. The van der Waals surface area contributed by atoms with E-state index in [1.165, 1.54) is 12.0 Å². The Bertz CT molecular complexity index is 636. The van der Waals surface area contributed by atoms with Gasteiger partial charge in [0.25, 0.3) is 0 Å². The van der Waals surface area contributed by atoms with Gasteiger partial charge in [-0.2, -0.15) is 0 Å². The standard InChI is InChI=1S/C18H26N2O6/c1-3-25-13-6-8-20(18(22)23)15(11-13)14-5-4-12(17(21)24-2)10-16(14)26-9-7-19/h4-5,10,13,15H,3,6-9,11,19H2,1-2H3,(H,22,23). The summed E-state index contributed by atoms with van der Waals surface area (Å²) in [4.78, 5) is 24.9. The lowest BCUT2D eigenvalue weighted by Crippen LogP contribution is -2.42. The Morgan fingerprint density at radius 1 is 1.38 bits per heavy atom. The summed E-state index contributed by atoms with van der Waals surface area (Å²) < 4.78 is 16.2. The summed E-state index contributed by atoms with van der Waals surface area (Å²) in [6.07, 6.45) is 0.155. The van der Waals surface area contributed by atoms with Gasteiger partial charge < -0.3 is 30.0 Å². The third-order valence-electron chi connectivity index (χ3n) is 4.37. The first-order valence-corrected chi connectivity index (χ1v) is 8.68. The number of carbonyl (C=O) groups excluding carboxylic acids is 1. The lowest BCUT2D eigenvalue weighted by atomic mass is 9.92. The van der Waals surface area contributed by atoms with Crippen LogP contribution in [0.2, 0.25) is 0 Å². The zero-order valence-electron chi connectivity index (χ0n) is 15.1. The molecule has 8 nitrogen and oxygen atoms in total. The molecule has 1 aliphatic heterocycles.